The maximum Gasteiger partial charge on any atom is 0.256 e. The van der Waals surface area contributed by atoms with Crippen LogP contribution in [0.2, 0.25) is 5.02 Å². The molecule has 2 aromatic heterocycles. The first-order valence-electron chi connectivity index (χ1n) is 11.0. The number of fused-ring (bicyclic) bond motifs is 2. The summed E-state index contributed by atoms with van der Waals surface area (Å²) in [5.74, 6) is -0.354. The van der Waals surface area contributed by atoms with Gasteiger partial charge in [0.1, 0.15) is 23.0 Å². The number of imidazole rings is 1. The molecule has 1 N–H and O–H groups in total. The third kappa shape index (κ3) is 4.05. The van der Waals surface area contributed by atoms with Gasteiger partial charge in [0.2, 0.25) is 5.95 Å². The van der Waals surface area contributed by atoms with E-state index in [0.29, 0.717) is 52.8 Å². The number of amides is 1. The number of carbonyl (C=O) groups is 1. The topological polar surface area (TPSA) is 71.8 Å². The second-order valence-corrected chi connectivity index (χ2v) is 8.94. The number of benzene rings is 2. The molecule has 1 aliphatic heterocycles. The molecule has 0 aliphatic carbocycles. The zero-order chi connectivity index (χ0) is 24.9. The van der Waals surface area contributed by atoms with E-state index in [1.807, 2.05) is 6.92 Å². The summed E-state index contributed by atoms with van der Waals surface area (Å²) in [6.45, 7) is 2.55. The summed E-state index contributed by atoms with van der Waals surface area (Å²) in [5, 5.41) is 3.39. The predicted octanol–water partition coefficient (Wildman–Crippen LogP) is 4.89. The Labute approximate surface area is 205 Å². The Bertz CT molecular complexity index is 1480. The first kappa shape index (κ1) is 23.0. The van der Waals surface area contributed by atoms with E-state index >= 15 is 0 Å². The monoisotopic (exact) mass is 497 g/mol. The van der Waals surface area contributed by atoms with Gasteiger partial charge in [-0.15, -0.1) is 0 Å². The second kappa shape index (κ2) is 8.81. The van der Waals surface area contributed by atoms with Crippen molar-refractivity contribution in [2.75, 3.05) is 26.0 Å². The molecule has 5 rings (SSSR count). The van der Waals surface area contributed by atoms with Crippen molar-refractivity contribution < 1.29 is 18.3 Å². The lowest BCUT2D eigenvalue weighted by atomic mass is 10.0. The van der Waals surface area contributed by atoms with E-state index in [9.17, 15) is 13.6 Å². The van der Waals surface area contributed by atoms with Crippen LogP contribution in [-0.2, 0) is 13.0 Å². The van der Waals surface area contributed by atoms with Crippen LogP contribution in [-0.4, -0.2) is 45.9 Å². The molecule has 0 unspecified atom stereocenters. The van der Waals surface area contributed by atoms with Gasteiger partial charge in [-0.05, 0) is 31.2 Å². The van der Waals surface area contributed by atoms with Crippen molar-refractivity contribution in [3.63, 3.8) is 0 Å². The fourth-order valence-electron chi connectivity index (χ4n) is 4.25. The maximum absolute atomic E-state index is 14.9. The zero-order valence-electron chi connectivity index (χ0n) is 19.3. The number of ether oxygens (including phenoxy) is 1. The molecule has 1 aliphatic rings. The average molecular weight is 498 g/mol. The summed E-state index contributed by atoms with van der Waals surface area (Å²) in [6.07, 6.45) is 3.96. The molecule has 180 valence electrons. The number of hydrogen-bond donors (Lipinski definition) is 1. The number of aromatic nitrogens is 3. The largest absolute Gasteiger partial charge is 0.493 e. The minimum absolute atomic E-state index is 0.119. The molecule has 0 radical (unpaired) electrons. The molecule has 0 bridgehead atoms. The first-order chi connectivity index (χ1) is 16.7. The van der Waals surface area contributed by atoms with Gasteiger partial charge in [-0.25, -0.2) is 18.7 Å². The Kier molecular flexibility index (Phi) is 5.80. The number of carbonyl (C=O) groups excluding carboxylic acids is 1. The molecule has 4 aromatic rings. The van der Waals surface area contributed by atoms with Crippen molar-refractivity contribution in [2.45, 2.75) is 19.9 Å². The van der Waals surface area contributed by atoms with Crippen LogP contribution in [0, 0.1) is 18.6 Å². The van der Waals surface area contributed by atoms with Crippen LogP contribution in [0.1, 0.15) is 27.2 Å². The van der Waals surface area contributed by atoms with Crippen LogP contribution in [0.5, 0.6) is 5.75 Å². The minimum atomic E-state index is -0.692. The molecule has 35 heavy (non-hydrogen) atoms. The quantitative estimate of drug-likeness (QED) is 0.425. The lowest BCUT2D eigenvalue weighted by Crippen LogP contribution is -2.22. The molecule has 7 nitrogen and oxygen atoms in total. The SMILES string of the molecule is Cc1cn2c(NCc3c(F)ccc4c3CCO4)ncc(-c3cc(F)c(C(=O)N(C)C)cc3Cl)c2n1. The molecular weight excluding hydrogens is 476 g/mol. The molecule has 0 fully saturated rings. The molecule has 1 amide bonds. The van der Waals surface area contributed by atoms with Gasteiger partial charge in [-0.3, -0.25) is 9.20 Å². The number of anilines is 1. The van der Waals surface area contributed by atoms with Crippen molar-refractivity contribution in [1.82, 2.24) is 19.3 Å². The molecular formula is C25H22ClF2N5O2. The van der Waals surface area contributed by atoms with Crippen LogP contribution >= 0.6 is 11.6 Å². The lowest BCUT2D eigenvalue weighted by molar-refractivity contribution is 0.0823. The third-order valence-corrected chi connectivity index (χ3v) is 6.27. The van der Waals surface area contributed by atoms with Gasteiger partial charge in [0.25, 0.3) is 5.91 Å². The summed E-state index contributed by atoms with van der Waals surface area (Å²) >= 11 is 6.47. The molecule has 2 aromatic carbocycles. The van der Waals surface area contributed by atoms with E-state index in [1.54, 1.807) is 30.8 Å². The summed E-state index contributed by atoms with van der Waals surface area (Å²) in [4.78, 5) is 22.6. The highest BCUT2D eigenvalue weighted by molar-refractivity contribution is 6.34. The Morgan fingerprint density at radius 3 is 2.80 bits per heavy atom. The van der Waals surface area contributed by atoms with Crippen LogP contribution in [0.25, 0.3) is 16.8 Å². The zero-order valence-corrected chi connectivity index (χ0v) is 20.1. The van der Waals surface area contributed by atoms with Gasteiger partial charge >= 0.3 is 0 Å². The van der Waals surface area contributed by atoms with Gasteiger partial charge in [0, 0.05) is 66.7 Å². The Hall–Kier alpha value is -3.72. The first-order valence-corrected chi connectivity index (χ1v) is 11.3. The molecule has 0 saturated carbocycles. The molecule has 3 heterocycles. The van der Waals surface area contributed by atoms with Gasteiger partial charge in [-0.1, -0.05) is 11.6 Å². The molecule has 0 atom stereocenters. The van der Waals surface area contributed by atoms with Crippen molar-refractivity contribution >= 4 is 29.1 Å². The molecule has 0 spiro atoms. The smallest absolute Gasteiger partial charge is 0.256 e. The van der Waals surface area contributed by atoms with E-state index < -0.39 is 11.7 Å². The van der Waals surface area contributed by atoms with Crippen LogP contribution < -0.4 is 10.1 Å². The van der Waals surface area contributed by atoms with E-state index in [4.69, 9.17) is 16.3 Å². The summed E-state index contributed by atoms with van der Waals surface area (Å²) in [6, 6.07) is 5.57. The van der Waals surface area contributed by atoms with E-state index in [-0.39, 0.29) is 22.9 Å². The van der Waals surface area contributed by atoms with Crippen molar-refractivity contribution in [1.29, 1.82) is 0 Å². The Balaban J connectivity index is 1.53. The minimum Gasteiger partial charge on any atom is -0.493 e. The Morgan fingerprint density at radius 1 is 1.23 bits per heavy atom. The Morgan fingerprint density at radius 2 is 2.03 bits per heavy atom. The van der Waals surface area contributed by atoms with Crippen LogP contribution in [0.15, 0.2) is 36.7 Å². The molecule has 0 saturated heterocycles. The van der Waals surface area contributed by atoms with E-state index in [0.717, 1.165) is 5.56 Å². The number of aryl methyl sites for hydroxylation is 1. The third-order valence-electron chi connectivity index (χ3n) is 5.96. The second-order valence-electron chi connectivity index (χ2n) is 8.54. The highest BCUT2D eigenvalue weighted by Gasteiger charge is 2.22. The predicted molar refractivity (Wildman–Crippen MR) is 129 cm³/mol. The summed E-state index contributed by atoms with van der Waals surface area (Å²) in [5.41, 5.74) is 3.32. The van der Waals surface area contributed by atoms with E-state index in [2.05, 4.69) is 15.3 Å². The van der Waals surface area contributed by atoms with Crippen molar-refractivity contribution in [2.24, 2.45) is 0 Å². The summed E-state index contributed by atoms with van der Waals surface area (Å²) < 4.78 is 36.7. The maximum atomic E-state index is 14.9. The number of nitrogens with one attached hydrogen (secondary N) is 1. The highest BCUT2D eigenvalue weighted by Crippen LogP contribution is 2.34. The average Bonchev–Trinajstić information content (AvgIpc) is 3.45. The fraction of sp³-hybridized carbons (Fsp3) is 0.240. The van der Waals surface area contributed by atoms with Gasteiger partial charge in [0.05, 0.1) is 17.9 Å². The van der Waals surface area contributed by atoms with Crippen molar-refractivity contribution in [3.8, 4) is 16.9 Å². The number of rotatable bonds is 5. The van der Waals surface area contributed by atoms with Crippen LogP contribution in [0.3, 0.4) is 0 Å². The standard InChI is InChI=1S/C25H22ClF2N5O2/c1-13-12-33-23(31-13)18(15-9-21(28)16(8-19(15)26)24(34)32(2)3)11-30-25(33)29-10-17-14-6-7-35-22(14)5-4-20(17)27/h4-5,8-9,11-12H,6-7,10H2,1-3H3,(H,29,30). The van der Waals surface area contributed by atoms with E-state index in [1.165, 1.54) is 29.3 Å². The number of hydrogen-bond acceptors (Lipinski definition) is 5. The number of nitrogens with zero attached hydrogens (tertiary/aromatic N) is 4. The highest BCUT2D eigenvalue weighted by atomic mass is 35.5. The van der Waals surface area contributed by atoms with Crippen molar-refractivity contribution in [3.05, 3.63) is 75.7 Å². The molecule has 10 heteroatoms. The van der Waals surface area contributed by atoms with Crippen LogP contribution in [0.4, 0.5) is 14.7 Å². The normalized spacial score (nSPS) is 12.5. The number of halogens is 3. The van der Waals surface area contributed by atoms with Gasteiger partial charge < -0.3 is 15.0 Å². The van der Waals surface area contributed by atoms with Gasteiger partial charge in [0.15, 0.2) is 0 Å². The lowest BCUT2D eigenvalue weighted by Gasteiger charge is -2.15. The fourth-order valence-corrected chi connectivity index (χ4v) is 4.51. The summed E-state index contributed by atoms with van der Waals surface area (Å²) in [7, 11) is 3.08. The van der Waals surface area contributed by atoms with Gasteiger partial charge in [-0.2, -0.15) is 0 Å².